The molecule has 2 aromatic carbocycles. The highest BCUT2D eigenvalue weighted by Crippen LogP contribution is 2.30. The molecular formula is C23H29BN2O5. The van der Waals surface area contributed by atoms with Gasteiger partial charge in [-0.3, -0.25) is 4.79 Å². The number of amides is 1. The van der Waals surface area contributed by atoms with Gasteiger partial charge < -0.3 is 24.9 Å². The molecule has 7 nitrogen and oxygen atoms in total. The molecule has 1 heterocycles. The normalized spacial score (nSPS) is 18.8. The van der Waals surface area contributed by atoms with E-state index in [-0.39, 0.29) is 18.9 Å². The summed E-state index contributed by atoms with van der Waals surface area (Å²) in [5.74, 6) is -0.342. The number of nitrogens with zero attached hydrogens (tertiary/aromatic N) is 1. The predicted molar refractivity (Wildman–Crippen MR) is 120 cm³/mol. The molecule has 0 saturated heterocycles. The van der Waals surface area contributed by atoms with Crippen LogP contribution in [0.2, 0.25) is 0 Å². The molecule has 2 aromatic rings. The Hall–Kier alpha value is -2.84. The average molecular weight is 424 g/mol. The molecule has 31 heavy (non-hydrogen) atoms. The van der Waals surface area contributed by atoms with Crippen LogP contribution in [0.5, 0.6) is 5.75 Å². The Balaban J connectivity index is 1.74. The molecule has 164 valence electrons. The number of nitrogens with one attached hydrogen (secondary N) is 1. The molecule has 0 radical (unpaired) electrons. The van der Waals surface area contributed by atoms with E-state index in [0.29, 0.717) is 24.3 Å². The number of hydrogen-bond acceptors (Lipinski definition) is 6. The Kier molecular flexibility index (Phi) is 7.71. The van der Waals surface area contributed by atoms with Crippen LogP contribution >= 0.6 is 0 Å². The van der Waals surface area contributed by atoms with E-state index in [1.165, 1.54) is 0 Å². The van der Waals surface area contributed by atoms with E-state index >= 15 is 0 Å². The van der Waals surface area contributed by atoms with Gasteiger partial charge in [-0.1, -0.05) is 67.5 Å². The van der Waals surface area contributed by atoms with Crippen LogP contribution in [0.1, 0.15) is 32.3 Å². The number of carbonyl (C=O) groups excluding carboxylic acids is 1. The summed E-state index contributed by atoms with van der Waals surface area (Å²) in [6.45, 7) is 4.11. The second-order valence-electron chi connectivity index (χ2n) is 8.31. The SMILES string of the molecule is CC(C)C[C@H](NC(=O)C1(Cc2ccccc2)CC(COc2ccccc2)=NO1)B(O)O. The van der Waals surface area contributed by atoms with Gasteiger partial charge in [0, 0.05) is 12.8 Å². The van der Waals surface area contributed by atoms with Crippen molar-refractivity contribution in [2.45, 2.75) is 44.7 Å². The second-order valence-corrected chi connectivity index (χ2v) is 8.31. The smallest absolute Gasteiger partial charge is 0.475 e. The lowest BCUT2D eigenvalue weighted by Crippen LogP contribution is -2.56. The Morgan fingerprint density at radius 1 is 1.16 bits per heavy atom. The molecular weight excluding hydrogens is 395 g/mol. The van der Waals surface area contributed by atoms with Crippen molar-refractivity contribution in [3.8, 4) is 5.75 Å². The molecule has 0 bridgehead atoms. The van der Waals surface area contributed by atoms with Gasteiger partial charge in [0.1, 0.15) is 12.4 Å². The minimum atomic E-state index is -1.66. The summed E-state index contributed by atoms with van der Waals surface area (Å²) in [5.41, 5.74) is 0.254. The molecule has 8 heteroatoms. The third-order valence-electron chi connectivity index (χ3n) is 5.14. The van der Waals surface area contributed by atoms with Crippen LogP contribution in [-0.2, 0) is 16.1 Å². The van der Waals surface area contributed by atoms with Gasteiger partial charge in [0.05, 0.1) is 11.7 Å². The van der Waals surface area contributed by atoms with Crippen molar-refractivity contribution >= 4 is 18.7 Å². The van der Waals surface area contributed by atoms with Gasteiger partial charge in [0.2, 0.25) is 5.60 Å². The summed E-state index contributed by atoms with van der Waals surface area (Å²) in [7, 11) is -1.66. The molecule has 0 aliphatic carbocycles. The van der Waals surface area contributed by atoms with Crippen LogP contribution < -0.4 is 10.1 Å². The second kappa shape index (κ2) is 10.5. The number of rotatable bonds is 10. The number of para-hydroxylation sites is 1. The standard InChI is InChI=1S/C23H29BN2O5/c1-17(2)13-21(24(28)29)25-22(27)23(14-18-9-5-3-6-10-18)15-19(26-31-23)16-30-20-11-7-4-8-12-20/h3-12,17,21,28-29H,13-16H2,1-2H3,(H,25,27)/t21-,23?/m0/s1. The van der Waals surface area contributed by atoms with Crippen molar-refractivity contribution in [3.05, 3.63) is 66.2 Å². The highest BCUT2D eigenvalue weighted by atomic mass is 16.7. The lowest BCUT2D eigenvalue weighted by Gasteiger charge is -2.29. The third kappa shape index (κ3) is 6.32. The molecule has 0 aromatic heterocycles. The Morgan fingerprint density at radius 2 is 1.81 bits per heavy atom. The van der Waals surface area contributed by atoms with Gasteiger partial charge in [0.25, 0.3) is 5.91 Å². The Morgan fingerprint density at radius 3 is 2.42 bits per heavy atom. The fraction of sp³-hybridized carbons (Fsp3) is 0.391. The zero-order valence-corrected chi connectivity index (χ0v) is 17.9. The van der Waals surface area contributed by atoms with Gasteiger partial charge in [0.15, 0.2) is 0 Å². The minimum absolute atomic E-state index is 0.174. The summed E-state index contributed by atoms with van der Waals surface area (Å²) in [6.07, 6.45) is 0.972. The summed E-state index contributed by atoms with van der Waals surface area (Å²) >= 11 is 0. The van der Waals surface area contributed by atoms with E-state index in [9.17, 15) is 14.8 Å². The summed E-state index contributed by atoms with van der Waals surface area (Å²) in [4.78, 5) is 19.0. The van der Waals surface area contributed by atoms with Crippen LogP contribution in [0.25, 0.3) is 0 Å². The molecule has 3 rings (SSSR count). The van der Waals surface area contributed by atoms with Crippen LogP contribution in [0.3, 0.4) is 0 Å². The lowest BCUT2D eigenvalue weighted by atomic mass is 9.74. The van der Waals surface area contributed by atoms with E-state index in [4.69, 9.17) is 9.57 Å². The summed E-state index contributed by atoms with van der Waals surface area (Å²) in [6, 6.07) is 18.9. The van der Waals surface area contributed by atoms with E-state index < -0.39 is 24.6 Å². The van der Waals surface area contributed by atoms with Crippen molar-refractivity contribution in [2.75, 3.05) is 6.61 Å². The van der Waals surface area contributed by atoms with Crippen molar-refractivity contribution in [3.63, 3.8) is 0 Å². The van der Waals surface area contributed by atoms with Crippen LogP contribution in [0.15, 0.2) is 65.8 Å². The first-order chi connectivity index (χ1) is 14.9. The fourth-order valence-electron chi connectivity index (χ4n) is 3.59. The monoisotopic (exact) mass is 424 g/mol. The highest BCUT2D eigenvalue weighted by Gasteiger charge is 2.48. The molecule has 1 aliphatic heterocycles. The van der Waals surface area contributed by atoms with Gasteiger partial charge in [-0.25, -0.2) is 0 Å². The van der Waals surface area contributed by atoms with E-state index in [2.05, 4.69) is 10.5 Å². The average Bonchev–Trinajstić information content (AvgIpc) is 3.17. The molecule has 0 saturated carbocycles. The van der Waals surface area contributed by atoms with Gasteiger partial charge >= 0.3 is 7.12 Å². The molecule has 0 fully saturated rings. The highest BCUT2D eigenvalue weighted by molar-refractivity contribution is 6.43. The molecule has 0 spiro atoms. The van der Waals surface area contributed by atoms with Crippen molar-refractivity contribution in [2.24, 2.45) is 11.1 Å². The van der Waals surface area contributed by atoms with E-state index in [1.54, 1.807) is 0 Å². The third-order valence-corrected chi connectivity index (χ3v) is 5.14. The van der Waals surface area contributed by atoms with Crippen LogP contribution in [0, 0.1) is 5.92 Å². The van der Waals surface area contributed by atoms with Crippen molar-refractivity contribution in [1.29, 1.82) is 0 Å². The predicted octanol–water partition coefficient (Wildman–Crippen LogP) is 2.37. The maximum absolute atomic E-state index is 13.3. The first-order valence-electron chi connectivity index (χ1n) is 10.5. The minimum Gasteiger partial charge on any atom is -0.488 e. The zero-order valence-electron chi connectivity index (χ0n) is 17.9. The Bertz CT molecular complexity index is 876. The van der Waals surface area contributed by atoms with E-state index in [1.807, 2.05) is 74.5 Å². The van der Waals surface area contributed by atoms with E-state index in [0.717, 1.165) is 5.56 Å². The van der Waals surface area contributed by atoms with Crippen molar-refractivity contribution < 1.29 is 24.4 Å². The first kappa shape index (κ1) is 22.8. The van der Waals surface area contributed by atoms with Crippen molar-refractivity contribution in [1.82, 2.24) is 5.32 Å². The summed E-state index contributed by atoms with van der Waals surface area (Å²) < 4.78 is 5.76. The molecule has 3 N–H and O–H groups in total. The van der Waals surface area contributed by atoms with Gasteiger partial charge in [-0.05, 0) is 30.0 Å². The lowest BCUT2D eigenvalue weighted by molar-refractivity contribution is -0.144. The maximum Gasteiger partial charge on any atom is 0.475 e. The topological polar surface area (TPSA) is 100 Å². The fourth-order valence-corrected chi connectivity index (χ4v) is 3.59. The summed E-state index contributed by atoms with van der Waals surface area (Å²) in [5, 5.41) is 26.4. The first-order valence-corrected chi connectivity index (χ1v) is 10.5. The number of ether oxygens (including phenoxy) is 1. The molecule has 2 atom stereocenters. The number of oxime groups is 1. The molecule has 1 aliphatic rings. The largest absolute Gasteiger partial charge is 0.488 e. The quantitative estimate of drug-likeness (QED) is 0.509. The van der Waals surface area contributed by atoms with Crippen LogP contribution in [0.4, 0.5) is 0 Å². The Labute approximate surface area is 183 Å². The van der Waals surface area contributed by atoms with Gasteiger partial charge in [-0.15, -0.1) is 0 Å². The number of carbonyl (C=O) groups is 1. The number of benzene rings is 2. The van der Waals surface area contributed by atoms with Crippen LogP contribution in [-0.4, -0.2) is 46.9 Å². The van der Waals surface area contributed by atoms with Gasteiger partial charge in [-0.2, -0.15) is 0 Å². The molecule has 1 unspecified atom stereocenters. The maximum atomic E-state index is 13.3. The number of hydrogen-bond donors (Lipinski definition) is 3. The molecule has 1 amide bonds. The zero-order chi connectivity index (χ0) is 22.3.